The van der Waals surface area contributed by atoms with Crippen LogP contribution < -0.4 is 26.6 Å². The molecule has 1 aliphatic heterocycles. The van der Waals surface area contributed by atoms with E-state index in [1.54, 1.807) is 19.2 Å². The fourth-order valence-corrected chi connectivity index (χ4v) is 6.72. The first-order valence-corrected chi connectivity index (χ1v) is 15.5. The van der Waals surface area contributed by atoms with E-state index in [0.29, 0.717) is 35.5 Å². The van der Waals surface area contributed by atoms with E-state index < -0.39 is 23.3 Å². The van der Waals surface area contributed by atoms with Gasteiger partial charge in [0.15, 0.2) is 0 Å². The zero-order valence-corrected chi connectivity index (χ0v) is 26.9. The van der Waals surface area contributed by atoms with Crippen molar-refractivity contribution in [3.8, 4) is 28.3 Å². The monoisotopic (exact) mass is 645 g/mol. The van der Waals surface area contributed by atoms with Crippen LogP contribution in [0.4, 0.5) is 5.69 Å². The highest BCUT2D eigenvalue weighted by Gasteiger charge is 2.33. The van der Waals surface area contributed by atoms with Crippen LogP contribution >= 0.6 is 11.6 Å². The van der Waals surface area contributed by atoms with Crippen molar-refractivity contribution >= 4 is 23.2 Å². The summed E-state index contributed by atoms with van der Waals surface area (Å²) in [5, 5.41) is 17.4. The number of carbonyl (C=O) groups is 1. The number of hydrogen-bond donors (Lipinski definition) is 3. The lowest BCUT2D eigenvalue weighted by molar-refractivity contribution is -0.0304. The molecule has 3 heterocycles. The van der Waals surface area contributed by atoms with Gasteiger partial charge >= 0.3 is 5.69 Å². The molecule has 0 radical (unpaired) electrons. The van der Waals surface area contributed by atoms with E-state index in [1.165, 1.54) is 24.9 Å². The number of nitrogens with zero attached hydrogens (tertiary/aromatic N) is 3. The SMILES string of the molecule is COc1nc(-c2cccc(-c3cccc(NC(=O)c4cn(C)c(=O)n(C)c4=O)c3C)c2Cl)cc2c1[C@H](N[C@@H]1CCOC[C@@H]1O)CC2. The Morgan fingerprint density at radius 3 is 2.61 bits per heavy atom. The Balaban J connectivity index is 1.31. The second-order valence-corrected chi connectivity index (χ2v) is 12.2. The number of methoxy groups -OCH3 is 1. The van der Waals surface area contributed by atoms with Crippen LogP contribution in [0.3, 0.4) is 0 Å². The van der Waals surface area contributed by atoms with Gasteiger partial charge in [-0.05, 0) is 55.0 Å². The zero-order valence-electron chi connectivity index (χ0n) is 26.1. The van der Waals surface area contributed by atoms with Crippen molar-refractivity contribution in [1.82, 2.24) is 19.4 Å². The van der Waals surface area contributed by atoms with Crippen LogP contribution in [-0.4, -0.2) is 57.6 Å². The summed E-state index contributed by atoms with van der Waals surface area (Å²) in [4.78, 5) is 42.8. The van der Waals surface area contributed by atoms with Crippen molar-refractivity contribution < 1.29 is 19.4 Å². The highest BCUT2D eigenvalue weighted by atomic mass is 35.5. The summed E-state index contributed by atoms with van der Waals surface area (Å²) in [6.45, 7) is 2.80. The molecule has 4 aromatic rings. The molecule has 0 unspecified atom stereocenters. The molecule has 1 aliphatic carbocycles. The summed E-state index contributed by atoms with van der Waals surface area (Å²) < 4.78 is 13.3. The van der Waals surface area contributed by atoms with E-state index in [0.717, 1.165) is 57.2 Å². The number of pyridine rings is 1. The van der Waals surface area contributed by atoms with E-state index in [1.807, 2.05) is 31.2 Å². The Bertz CT molecular complexity index is 1950. The Kier molecular flexibility index (Phi) is 8.84. The predicted octanol–water partition coefficient (Wildman–Crippen LogP) is 3.76. The summed E-state index contributed by atoms with van der Waals surface area (Å²) in [5.41, 5.74) is 5.00. The first kappa shape index (κ1) is 31.7. The van der Waals surface area contributed by atoms with Gasteiger partial charge < -0.3 is 29.8 Å². The average Bonchev–Trinajstić information content (AvgIpc) is 3.46. The molecule has 2 aliphatic rings. The van der Waals surface area contributed by atoms with Crippen LogP contribution in [0.5, 0.6) is 5.88 Å². The van der Waals surface area contributed by atoms with Gasteiger partial charge in [0.1, 0.15) is 5.56 Å². The second kappa shape index (κ2) is 12.8. The number of carbonyl (C=O) groups excluding carboxylic acids is 1. The van der Waals surface area contributed by atoms with Crippen molar-refractivity contribution in [1.29, 1.82) is 0 Å². The van der Waals surface area contributed by atoms with Crippen LogP contribution in [0.2, 0.25) is 5.02 Å². The number of aromatic nitrogens is 3. The summed E-state index contributed by atoms with van der Waals surface area (Å²) in [6.07, 6.45) is 3.10. The van der Waals surface area contributed by atoms with Gasteiger partial charge in [-0.3, -0.25) is 14.2 Å². The number of rotatable bonds is 7. The molecular weight excluding hydrogens is 610 g/mol. The third-order valence-corrected chi connectivity index (χ3v) is 9.34. The lowest BCUT2D eigenvalue weighted by atomic mass is 9.96. The number of fused-ring (bicyclic) bond motifs is 1. The lowest BCUT2D eigenvalue weighted by Gasteiger charge is -2.31. The Labute approximate surface area is 270 Å². The zero-order chi connectivity index (χ0) is 32.7. The third kappa shape index (κ3) is 5.75. The molecular formula is C34H36ClN5O6. The maximum Gasteiger partial charge on any atom is 0.330 e. The Morgan fingerprint density at radius 2 is 1.85 bits per heavy atom. The van der Waals surface area contributed by atoms with Gasteiger partial charge in [0.25, 0.3) is 11.5 Å². The number of halogens is 1. The molecule has 240 valence electrons. The van der Waals surface area contributed by atoms with E-state index >= 15 is 0 Å². The molecule has 0 bridgehead atoms. The smallest absolute Gasteiger partial charge is 0.330 e. The van der Waals surface area contributed by atoms with Crippen LogP contribution in [0.25, 0.3) is 22.4 Å². The Hall–Kier alpha value is -4.29. The van der Waals surface area contributed by atoms with Crippen molar-refractivity contribution in [3.05, 3.63) is 96.8 Å². The molecule has 1 amide bonds. The maximum atomic E-state index is 13.2. The molecule has 1 saturated heterocycles. The quantitative estimate of drug-likeness (QED) is 0.276. The first-order valence-electron chi connectivity index (χ1n) is 15.2. The van der Waals surface area contributed by atoms with Crippen molar-refractivity contribution in [2.24, 2.45) is 14.1 Å². The number of nitrogens with one attached hydrogen (secondary N) is 2. The normalized spacial score (nSPS) is 19.1. The third-order valence-electron chi connectivity index (χ3n) is 8.93. The van der Waals surface area contributed by atoms with E-state index in [2.05, 4.69) is 16.7 Å². The number of aliphatic hydroxyl groups excluding tert-OH is 1. The van der Waals surface area contributed by atoms with Gasteiger partial charge in [0.05, 0.1) is 30.5 Å². The second-order valence-electron chi connectivity index (χ2n) is 11.8. The molecule has 46 heavy (non-hydrogen) atoms. The summed E-state index contributed by atoms with van der Waals surface area (Å²) in [5.74, 6) is -0.0965. The average molecular weight is 646 g/mol. The van der Waals surface area contributed by atoms with Crippen LogP contribution in [0.1, 0.15) is 45.9 Å². The molecule has 6 rings (SSSR count). The van der Waals surface area contributed by atoms with Crippen LogP contribution in [0.15, 0.2) is 58.3 Å². The van der Waals surface area contributed by atoms with Crippen LogP contribution in [0, 0.1) is 6.92 Å². The van der Waals surface area contributed by atoms with Gasteiger partial charge in [-0.25, -0.2) is 9.78 Å². The largest absolute Gasteiger partial charge is 0.481 e. The molecule has 12 heteroatoms. The van der Waals surface area contributed by atoms with E-state index in [4.69, 9.17) is 26.1 Å². The number of aryl methyl sites for hydroxylation is 2. The van der Waals surface area contributed by atoms with Gasteiger partial charge in [-0.1, -0.05) is 41.9 Å². The fourth-order valence-electron chi connectivity index (χ4n) is 6.40. The number of benzene rings is 2. The van der Waals surface area contributed by atoms with Gasteiger partial charge in [-0.2, -0.15) is 0 Å². The number of hydrogen-bond acceptors (Lipinski definition) is 8. The van der Waals surface area contributed by atoms with Gasteiger partial charge in [0, 0.05) is 61.4 Å². The van der Waals surface area contributed by atoms with Crippen molar-refractivity contribution in [3.63, 3.8) is 0 Å². The standard InChI is InChI=1S/C34H36ClN5O6/c1-18-20(7-6-10-24(18)37-31(42)23-16-39(2)34(44)40(3)33(23)43)21-8-5-9-22(30(21)35)27-15-19-11-12-26(29(19)32(38-27)45-4)36-25-13-14-46-17-28(25)41/h5-10,15-16,25-26,28,36,41H,11-14,17H2,1-4H3,(H,37,42)/t25-,26-,28+/m1/s1. The highest BCUT2D eigenvalue weighted by molar-refractivity contribution is 6.36. The molecule has 1 fully saturated rings. The lowest BCUT2D eigenvalue weighted by Crippen LogP contribution is -2.47. The predicted molar refractivity (Wildman–Crippen MR) is 176 cm³/mol. The maximum absolute atomic E-state index is 13.2. The van der Waals surface area contributed by atoms with Crippen molar-refractivity contribution in [2.75, 3.05) is 25.6 Å². The molecule has 11 nitrogen and oxygen atoms in total. The summed E-state index contributed by atoms with van der Waals surface area (Å²) >= 11 is 7.10. The number of aliphatic hydroxyl groups is 1. The van der Waals surface area contributed by atoms with E-state index in [9.17, 15) is 19.5 Å². The molecule has 3 N–H and O–H groups in total. The van der Waals surface area contributed by atoms with Gasteiger partial charge in [-0.15, -0.1) is 0 Å². The Morgan fingerprint density at radius 1 is 1.11 bits per heavy atom. The summed E-state index contributed by atoms with van der Waals surface area (Å²) in [7, 11) is 4.43. The topological polar surface area (TPSA) is 137 Å². The molecule has 0 saturated carbocycles. The number of anilines is 1. The van der Waals surface area contributed by atoms with Crippen LogP contribution in [-0.2, 0) is 25.3 Å². The molecule has 3 atom stereocenters. The molecule has 2 aromatic carbocycles. The fraction of sp³-hybridized carbons (Fsp3) is 0.353. The van der Waals surface area contributed by atoms with Crippen molar-refractivity contribution in [2.45, 2.75) is 44.4 Å². The van der Waals surface area contributed by atoms with Gasteiger partial charge in [0.2, 0.25) is 5.88 Å². The first-order chi connectivity index (χ1) is 22.1. The number of amides is 1. The molecule has 2 aromatic heterocycles. The summed E-state index contributed by atoms with van der Waals surface area (Å²) in [6, 6.07) is 13.2. The number of ether oxygens (including phenoxy) is 2. The molecule has 0 spiro atoms. The minimum atomic E-state index is -0.675. The van der Waals surface area contributed by atoms with E-state index in [-0.39, 0.29) is 17.6 Å². The minimum Gasteiger partial charge on any atom is -0.481 e. The highest BCUT2D eigenvalue weighted by Crippen LogP contribution is 2.43. The minimum absolute atomic E-state index is 0.00705.